The molecule has 14 nitrogen and oxygen atoms in total. The van der Waals surface area contributed by atoms with E-state index in [1.54, 1.807) is 0 Å². The molecule has 6 heterocycles. The van der Waals surface area contributed by atoms with Crippen LogP contribution in [-0.2, 0) is 47.6 Å². The molecule has 6 atom stereocenters. The first-order valence-electron chi connectivity index (χ1n) is 23.8. The largest absolute Gasteiger partial charge is 0.491 e. The Labute approximate surface area is 381 Å². The van der Waals surface area contributed by atoms with Gasteiger partial charge in [-0.1, -0.05) is 24.3 Å². The third-order valence-electron chi connectivity index (χ3n) is 13.2. The number of epoxide rings is 2. The van der Waals surface area contributed by atoms with Gasteiger partial charge in [0.1, 0.15) is 61.3 Å². The zero-order valence-electron chi connectivity index (χ0n) is 40.2. The Balaban J connectivity index is 0.706. The summed E-state index contributed by atoms with van der Waals surface area (Å²) in [6.07, 6.45) is 4.47. The van der Waals surface area contributed by atoms with Crippen molar-refractivity contribution in [3.05, 3.63) is 59.7 Å². The van der Waals surface area contributed by atoms with Crippen LogP contribution in [0.4, 0.5) is 0 Å². The van der Waals surface area contributed by atoms with E-state index in [9.17, 15) is 0 Å². The third kappa shape index (κ3) is 12.0. The smallest absolute Gasteiger partial charge is 0.172 e. The second kappa shape index (κ2) is 19.3. The Morgan fingerprint density at radius 2 is 0.844 bits per heavy atom. The first-order valence-corrected chi connectivity index (χ1v) is 23.8. The van der Waals surface area contributed by atoms with Gasteiger partial charge in [0, 0.05) is 61.1 Å². The first-order chi connectivity index (χ1) is 30.3. The van der Waals surface area contributed by atoms with E-state index in [4.69, 9.17) is 57.0 Å². The Kier molecular flexibility index (Phi) is 14.5. The van der Waals surface area contributed by atoms with Crippen molar-refractivity contribution in [2.45, 2.75) is 178 Å². The second-order valence-corrected chi connectivity index (χ2v) is 21.5. The molecule has 6 saturated heterocycles. The summed E-state index contributed by atoms with van der Waals surface area (Å²) >= 11 is 0. The van der Waals surface area contributed by atoms with Crippen LogP contribution in [-0.4, -0.2) is 134 Å². The number of rotatable bonds is 21. The monoisotopic (exact) mass is 897 g/mol. The topological polar surface area (TPSA) is 124 Å². The van der Waals surface area contributed by atoms with Crippen molar-refractivity contribution in [1.29, 1.82) is 0 Å². The number of piperidine rings is 2. The molecule has 64 heavy (non-hydrogen) atoms. The van der Waals surface area contributed by atoms with Crippen molar-refractivity contribution in [3.63, 3.8) is 0 Å². The molecule has 14 heteroatoms. The number of hydrogen-bond acceptors (Lipinski definition) is 14. The summed E-state index contributed by atoms with van der Waals surface area (Å²) in [6.45, 7) is 27.9. The fourth-order valence-corrected chi connectivity index (χ4v) is 10.7. The minimum atomic E-state index is -0.684. The standard InChI is InChI=1S/C50H76N2O12/c1-35(37-13-17-39(18-14-37)55-25-41-27-57-41)63-51-45(3,4)31-49(32-46(51,5)6)59-29-43(61-49)23-53-21-11-12-22-54-24-44-30-60-50(62-44)33-47(7,8)52(48(9,10)34-50)64-36(2)38-15-19-40(20-16-38)56-26-42-28-58-42/h13-20,35-36,41-44H,11-12,21-34H2,1-10H3. The summed E-state index contributed by atoms with van der Waals surface area (Å²) in [6, 6.07) is 16.3. The molecule has 6 aliphatic heterocycles. The lowest BCUT2D eigenvalue weighted by Gasteiger charge is -2.56. The highest BCUT2D eigenvalue weighted by molar-refractivity contribution is 5.29. The molecule has 2 spiro atoms. The summed E-state index contributed by atoms with van der Waals surface area (Å²) in [5.41, 5.74) is 0.809. The van der Waals surface area contributed by atoms with Crippen LogP contribution < -0.4 is 9.47 Å². The van der Waals surface area contributed by atoms with Crippen LogP contribution in [0.15, 0.2) is 48.5 Å². The Morgan fingerprint density at radius 1 is 0.500 bits per heavy atom. The average Bonchev–Trinajstić information content (AvgIpc) is 4.17. The highest BCUT2D eigenvalue weighted by atomic mass is 16.8. The minimum Gasteiger partial charge on any atom is -0.491 e. The van der Waals surface area contributed by atoms with Gasteiger partial charge in [0.25, 0.3) is 0 Å². The highest BCUT2D eigenvalue weighted by Crippen LogP contribution is 2.51. The number of hydroxylamine groups is 4. The van der Waals surface area contributed by atoms with Gasteiger partial charge in [-0.25, -0.2) is 0 Å². The highest BCUT2D eigenvalue weighted by Gasteiger charge is 2.59. The normalized spacial score (nSPS) is 29.5. The Hall–Kier alpha value is -2.44. The van der Waals surface area contributed by atoms with E-state index >= 15 is 0 Å². The van der Waals surface area contributed by atoms with Crippen LogP contribution >= 0.6 is 0 Å². The van der Waals surface area contributed by atoms with Crippen molar-refractivity contribution in [2.75, 3.05) is 66.1 Å². The molecule has 6 fully saturated rings. The van der Waals surface area contributed by atoms with Gasteiger partial charge < -0.3 is 47.4 Å². The van der Waals surface area contributed by atoms with Gasteiger partial charge in [0.2, 0.25) is 0 Å². The number of ether oxygens (including phenoxy) is 10. The molecule has 358 valence electrons. The molecular weight excluding hydrogens is 821 g/mol. The number of benzene rings is 2. The zero-order valence-corrected chi connectivity index (χ0v) is 40.2. The summed E-state index contributed by atoms with van der Waals surface area (Å²) in [5.74, 6) is 0.316. The molecule has 0 N–H and O–H groups in total. The van der Waals surface area contributed by atoms with Gasteiger partial charge >= 0.3 is 0 Å². The number of nitrogens with zero attached hydrogens (tertiary/aromatic N) is 2. The van der Waals surface area contributed by atoms with Crippen molar-refractivity contribution >= 4 is 0 Å². The van der Waals surface area contributed by atoms with E-state index in [1.165, 1.54) is 0 Å². The molecule has 0 radical (unpaired) electrons. The van der Waals surface area contributed by atoms with Gasteiger partial charge in [-0.3, -0.25) is 9.68 Å². The molecule has 0 amide bonds. The molecule has 0 bridgehead atoms. The zero-order chi connectivity index (χ0) is 45.4. The first kappa shape index (κ1) is 48.0. The lowest BCUT2D eigenvalue weighted by atomic mass is 9.78. The number of hydrogen-bond donors (Lipinski definition) is 0. The fraction of sp³-hybridized carbons (Fsp3) is 0.760. The molecule has 0 saturated carbocycles. The number of unbranched alkanes of at least 4 members (excludes halogenated alkanes) is 1. The molecule has 2 aromatic rings. The summed E-state index contributed by atoms with van der Waals surface area (Å²) in [7, 11) is 0. The SMILES string of the molecule is CC(ON1C(C)(C)CC2(CC1(C)C)OCC(COCCCCOCC1COC3(CC(C)(C)N(OC(C)c4ccc(OCC5CO5)cc4)C(C)(C)C3)O1)O2)c1ccc(OCC2CO2)cc1. The van der Waals surface area contributed by atoms with Crippen LogP contribution in [0.1, 0.15) is 131 Å². The van der Waals surface area contributed by atoms with Gasteiger partial charge in [0.15, 0.2) is 11.6 Å². The van der Waals surface area contributed by atoms with Crippen LogP contribution in [0.25, 0.3) is 0 Å². The Bertz CT molecular complexity index is 1650. The maximum Gasteiger partial charge on any atom is 0.172 e. The Morgan fingerprint density at radius 3 is 1.17 bits per heavy atom. The molecule has 8 rings (SSSR count). The third-order valence-corrected chi connectivity index (χ3v) is 13.2. The van der Waals surface area contributed by atoms with Crippen molar-refractivity contribution in [3.8, 4) is 11.5 Å². The maximum absolute atomic E-state index is 6.72. The molecule has 0 aliphatic carbocycles. The molecule has 0 aromatic heterocycles. The quantitative estimate of drug-likeness (QED) is 0.0882. The predicted molar refractivity (Wildman–Crippen MR) is 239 cm³/mol. The lowest BCUT2D eigenvalue weighted by Crippen LogP contribution is -2.65. The fourth-order valence-electron chi connectivity index (χ4n) is 10.7. The van der Waals surface area contributed by atoms with Crippen molar-refractivity contribution in [2.24, 2.45) is 0 Å². The molecular formula is C50H76N2O12. The summed E-state index contributed by atoms with van der Waals surface area (Å²) < 4.78 is 60.7. The van der Waals surface area contributed by atoms with Gasteiger partial charge in [-0.15, -0.1) is 0 Å². The van der Waals surface area contributed by atoms with E-state index < -0.39 is 11.6 Å². The van der Waals surface area contributed by atoms with Gasteiger partial charge in [-0.05, 0) is 117 Å². The average molecular weight is 897 g/mol. The van der Waals surface area contributed by atoms with E-state index in [-0.39, 0.29) is 58.8 Å². The van der Waals surface area contributed by atoms with Crippen LogP contribution in [0.2, 0.25) is 0 Å². The van der Waals surface area contributed by atoms with Crippen LogP contribution in [0, 0.1) is 0 Å². The van der Waals surface area contributed by atoms with E-state index in [0.29, 0.717) is 78.5 Å². The second-order valence-electron chi connectivity index (χ2n) is 21.5. The van der Waals surface area contributed by atoms with E-state index in [0.717, 1.165) is 48.7 Å². The lowest BCUT2D eigenvalue weighted by molar-refractivity contribution is -0.352. The van der Waals surface area contributed by atoms with Gasteiger partial charge in [-0.2, -0.15) is 10.1 Å². The van der Waals surface area contributed by atoms with E-state index in [1.807, 2.05) is 24.3 Å². The predicted octanol–water partition coefficient (Wildman–Crippen LogP) is 8.27. The van der Waals surface area contributed by atoms with Crippen molar-refractivity contribution < 1.29 is 57.0 Å². The van der Waals surface area contributed by atoms with Crippen molar-refractivity contribution in [1.82, 2.24) is 10.1 Å². The maximum atomic E-state index is 6.72. The summed E-state index contributed by atoms with van der Waals surface area (Å²) in [5, 5.41) is 4.31. The molecule has 2 aromatic carbocycles. The van der Waals surface area contributed by atoms with Crippen LogP contribution in [0.5, 0.6) is 11.5 Å². The molecule has 6 unspecified atom stereocenters. The molecule has 6 aliphatic rings. The van der Waals surface area contributed by atoms with E-state index in [2.05, 4.69) is 104 Å². The minimum absolute atomic E-state index is 0.115. The van der Waals surface area contributed by atoms with Crippen LogP contribution in [0.3, 0.4) is 0 Å². The summed E-state index contributed by atoms with van der Waals surface area (Å²) in [4.78, 5) is 13.4. The van der Waals surface area contributed by atoms with Gasteiger partial charge in [0.05, 0.1) is 39.6 Å².